The van der Waals surface area contributed by atoms with Crippen LogP contribution in [0.3, 0.4) is 0 Å². The van der Waals surface area contributed by atoms with Gasteiger partial charge in [0.15, 0.2) is 12.0 Å². The van der Waals surface area contributed by atoms with E-state index in [9.17, 15) is 14.3 Å². The smallest absolute Gasteiger partial charge is 0.173 e. The number of aliphatic hydroxyl groups is 1. The number of allylic oxidation sites excluding steroid dienone is 1. The molecular weight excluding hydrogens is 279 g/mol. The molecule has 0 radical (unpaired) electrons. The molecule has 4 aliphatic rings. The molecule has 0 heterocycles. The van der Waals surface area contributed by atoms with E-state index in [2.05, 4.69) is 13.0 Å². The molecule has 4 rings (SSSR count). The molecule has 3 saturated carbocycles. The van der Waals surface area contributed by atoms with Gasteiger partial charge < -0.3 is 5.11 Å². The van der Waals surface area contributed by atoms with Gasteiger partial charge in [0.25, 0.3) is 0 Å². The second kappa shape index (κ2) is 4.66. The first-order valence-electron chi connectivity index (χ1n) is 8.92. The largest absolute Gasteiger partial charge is 0.393 e. The van der Waals surface area contributed by atoms with Crippen molar-refractivity contribution in [1.29, 1.82) is 0 Å². The van der Waals surface area contributed by atoms with E-state index >= 15 is 0 Å². The number of Topliss-reactive ketones (excluding diaryl/α,β-unsaturated/α-hetero) is 1. The van der Waals surface area contributed by atoms with Crippen molar-refractivity contribution in [3.8, 4) is 0 Å². The number of alkyl halides is 1. The number of hydrogen-bond acceptors (Lipinski definition) is 2. The van der Waals surface area contributed by atoms with E-state index in [0.29, 0.717) is 18.3 Å². The average Bonchev–Trinajstić information content (AvgIpc) is 2.72. The highest BCUT2D eigenvalue weighted by molar-refractivity contribution is 5.91. The van der Waals surface area contributed by atoms with E-state index in [1.807, 2.05) is 6.92 Å². The molecule has 0 bridgehead atoms. The minimum atomic E-state index is -1.24. The Bertz CT molecular complexity index is 542. The summed E-state index contributed by atoms with van der Waals surface area (Å²) in [5, 5.41) is 9.98. The number of ketones is 1. The van der Waals surface area contributed by atoms with Gasteiger partial charge in [-0.05, 0) is 68.1 Å². The fourth-order valence-corrected chi connectivity index (χ4v) is 6.39. The Hall–Kier alpha value is -0.700. The quantitative estimate of drug-likeness (QED) is 0.691. The number of aliphatic hydroxyl groups excluding tert-OH is 1. The van der Waals surface area contributed by atoms with Crippen LogP contribution >= 0.6 is 0 Å². The van der Waals surface area contributed by atoms with Gasteiger partial charge in [-0.1, -0.05) is 25.5 Å². The van der Waals surface area contributed by atoms with Crippen molar-refractivity contribution in [3.63, 3.8) is 0 Å². The summed E-state index contributed by atoms with van der Waals surface area (Å²) in [5.74, 6) is 1.11. The van der Waals surface area contributed by atoms with Gasteiger partial charge in [0.05, 0.1) is 6.10 Å². The molecule has 0 aromatic heterocycles. The Kier molecular flexibility index (Phi) is 3.15. The molecule has 0 aliphatic heterocycles. The Labute approximate surface area is 132 Å². The Morgan fingerprint density at radius 1 is 1.18 bits per heavy atom. The minimum absolute atomic E-state index is 0.130. The number of rotatable bonds is 0. The zero-order valence-electron chi connectivity index (χ0n) is 13.6. The molecular formula is C19H27FO2. The van der Waals surface area contributed by atoms with Crippen molar-refractivity contribution < 1.29 is 14.3 Å². The summed E-state index contributed by atoms with van der Waals surface area (Å²) in [4.78, 5) is 12.3. The maximum Gasteiger partial charge on any atom is 0.173 e. The first-order chi connectivity index (χ1) is 10.4. The second-order valence-electron chi connectivity index (χ2n) is 8.68. The Morgan fingerprint density at radius 3 is 2.68 bits per heavy atom. The van der Waals surface area contributed by atoms with Gasteiger partial charge in [-0.3, -0.25) is 4.79 Å². The van der Waals surface area contributed by atoms with Gasteiger partial charge >= 0.3 is 0 Å². The van der Waals surface area contributed by atoms with Crippen molar-refractivity contribution in [2.24, 2.45) is 28.6 Å². The molecule has 2 nitrogen and oxygen atoms in total. The third-order valence-electron chi connectivity index (χ3n) is 7.78. The van der Waals surface area contributed by atoms with E-state index in [-0.39, 0.29) is 23.2 Å². The van der Waals surface area contributed by atoms with Gasteiger partial charge in [0, 0.05) is 5.41 Å². The minimum Gasteiger partial charge on any atom is -0.393 e. The molecule has 3 fully saturated rings. The topological polar surface area (TPSA) is 37.3 Å². The standard InChI is InChI=1S/C19H27FO2/c1-18-7-5-12(21)9-11(18)3-4-13-14(18)6-8-19(2)15(13)10-16(20)17(19)22/h3,12-16,21H,4-10H2,1-2H3/t12?,13-,14-,15+,16?,18+,19+/m1/s1. The fraction of sp³-hybridized carbons (Fsp3) is 0.842. The predicted octanol–water partition coefficient (Wildman–Crippen LogP) is 3.83. The Morgan fingerprint density at radius 2 is 1.91 bits per heavy atom. The monoisotopic (exact) mass is 306 g/mol. The highest BCUT2D eigenvalue weighted by Crippen LogP contribution is 2.64. The van der Waals surface area contributed by atoms with Crippen molar-refractivity contribution in [3.05, 3.63) is 11.6 Å². The lowest BCUT2D eigenvalue weighted by Gasteiger charge is -2.56. The van der Waals surface area contributed by atoms with Crippen LogP contribution in [-0.2, 0) is 4.79 Å². The summed E-state index contributed by atoms with van der Waals surface area (Å²) in [5.41, 5.74) is 1.18. The van der Waals surface area contributed by atoms with E-state index in [1.165, 1.54) is 5.57 Å². The van der Waals surface area contributed by atoms with Crippen LogP contribution in [0, 0.1) is 28.6 Å². The van der Waals surface area contributed by atoms with Gasteiger partial charge in [0.2, 0.25) is 0 Å². The van der Waals surface area contributed by atoms with Gasteiger partial charge in [0.1, 0.15) is 0 Å². The van der Waals surface area contributed by atoms with Crippen LogP contribution in [0.4, 0.5) is 4.39 Å². The molecule has 0 aromatic rings. The summed E-state index contributed by atoms with van der Waals surface area (Å²) in [6.45, 7) is 4.37. The molecule has 0 spiro atoms. The lowest BCUT2D eigenvalue weighted by atomic mass is 9.48. The lowest BCUT2D eigenvalue weighted by Crippen LogP contribution is -2.50. The molecule has 7 atom stereocenters. The van der Waals surface area contributed by atoms with Crippen LogP contribution in [0.2, 0.25) is 0 Å². The molecule has 22 heavy (non-hydrogen) atoms. The first-order valence-corrected chi connectivity index (χ1v) is 8.92. The SMILES string of the molecule is C[C@]12CCC(O)CC1=CC[C@@H]1[C@H]2CC[C@]2(C)C(=O)C(F)C[C@@H]12. The van der Waals surface area contributed by atoms with Crippen LogP contribution < -0.4 is 0 Å². The number of fused-ring (bicyclic) bond motifs is 5. The average molecular weight is 306 g/mol. The number of hydrogen-bond donors (Lipinski definition) is 1. The summed E-state index contributed by atoms with van der Waals surface area (Å²) in [6.07, 6.45) is 6.94. The molecule has 3 heteroatoms. The fourth-order valence-electron chi connectivity index (χ4n) is 6.39. The maximum atomic E-state index is 14.1. The number of carbonyl (C=O) groups excluding carboxylic acids is 1. The van der Waals surface area contributed by atoms with Crippen LogP contribution in [0.1, 0.15) is 58.8 Å². The molecule has 0 aromatic carbocycles. The molecule has 0 amide bonds. The van der Waals surface area contributed by atoms with Crippen LogP contribution in [0.5, 0.6) is 0 Å². The van der Waals surface area contributed by atoms with Gasteiger partial charge in [-0.15, -0.1) is 0 Å². The molecule has 4 aliphatic carbocycles. The highest BCUT2D eigenvalue weighted by atomic mass is 19.1. The van der Waals surface area contributed by atoms with E-state index in [1.54, 1.807) is 0 Å². The lowest BCUT2D eigenvalue weighted by molar-refractivity contribution is -0.134. The summed E-state index contributed by atoms with van der Waals surface area (Å²) in [6, 6.07) is 0. The van der Waals surface area contributed by atoms with Crippen LogP contribution in [0.25, 0.3) is 0 Å². The van der Waals surface area contributed by atoms with Crippen LogP contribution in [-0.4, -0.2) is 23.2 Å². The molecule has 0 saturated heterocycles. The number of halogens is 1. The molecule has 122 valence electrons. The zero-order chi connectivity index (χ0) is 15.7. The predicted molar refractivity (Wildman–Crippen MR) is 83.0 cm³/mol. The second-order valence-corrected chi connectivity index (χ2v) is 8.68. The number of carbonyl (C=O) groups is 1. The third-order valence-corrected chi connectivity index (χ3v) is 7.78. The van der Waals surface area contributed by atoms with Crippen LogP contribution in [0.15, 0.2) is 11.6 Å². The molecule has 2 unspecified atom stereocenters. The van der Waals surface area contributed by atoms with E-state index < -0.39 is 11.6 Å². The summed E-state index contributed by atoms with van der Waals surface area (Å²) < 4.78 is 14.1. The normalized spacial score (nSPS) is 54.3. The van der Waals surface area contributed by atoms with Gasteiger partial charge in [-0.2, -0.15) is 0 Å². The molecule has 1 N–H and O–H groups in total. The van der Waals surface area contributed by atoms with E-state index in [4.69, 9.17) is 0 Å². The zero-order valence-corrected chi connectivity index (χ0v) is 13.6. The van der Waals surface area contributed by atoms with Crippen molar-refractivity contribution in [2.45, 2.75) is 71.1 Å². The van der Waals surface area contributed by atoms with Gasteiger partial charge in [-0.25, -0.2) is 4.39 Å². The third kappa shape index (κ3) is 1.78. The Balaban J connectivity index is 1.70. The summed E-state index contributed by atoms with van der Waals surface area (Å²) in [7, 11) is 0. The van der Waals surface area contributed by atoms with Crippen molar-refractivity contribution >= 4 is 5.78 Å². The van der Waals surface area contributed by atoms with E-state index in [0.717, 1.165) is 38.5 Å². The highest BCUT2D eigenvalue weighted by Gasteiger charge is 2.61. The first kappa shape index (κ1) is 14.9. The summed E-state index contributed by atoms with van der Waals surface area (Å²) >= 11 is 0. The maximum absolute atomic E-state index is 14.1. The van der Waals surface area contributed by atoms with Crippen molar-refractivity contribution in [2.75, 3.05) is 0 Å². The van der Waals surface area contributed by atoms with Crippen molar-refractivity contribution in [1.82, 2.24) is 0 Å².